The Morgan fingerprint density at radius 2 is 1.95 bits per heavy atom. The van der Waals surface area contributed by atoms with E-state index >= 15 is 0 Å². The van der Waals surface area contributed by atoms with Crippen LogP contribution in [0.25, 0.3) is 10.9 Å². The zero-order chi connectivity index (χ0) is 14.8. The van der Waals surface area contributed by atoms with Crippen LogP contribution in [0.1, 0.15) is 5.56 Å². The normalized spacial score (nSPS) is 10.8. The number of aromatic nitrogens is 2. The average molecular weight is 323 g/mol. The summed E-state index contributed by atoms with van der Waals surface area (Å²) in [4.78, 5) is 8.12. The molecule has 21 heavy (non-hydrogen) atoms. The second-order valence-corrected chi connectivity index (χ2v) is 4.94. The second kappa shape index (κ2) is 5.84. The van der Waals surface area contributed by atoms with Crippen molar-refractivity contribution >= 4 is 34.1 Å². The molecule has 3 rings (SSSR count). The molecule has 3 nitrogen and oxygen atoms in total. The molecule has 0 bridgehead atoms. The first kappa shape index (κ1) is 14.0. The van der Waals surface area contributed by atoms with Gasteiger partial charge in [-0.05, 0) is 30.3 Å². The first-order chi connectivity index (χ1) is 10.2. The maximum Gasteiger partial charge on any atom is 0.256 e. The van der Waals surface area contributed by atoms with Gasteiger partial charge in [0.15, 0.2) is 11.6 Å². The molecule has 0 fully saturated rings. The molecule has 0 radical (unpaired) electrons. The summed E-state index contributed by atoms with van der Waals surface area (Å²) < 4.78 is 19.7. The average Bonchev–Trinajstić information content (AvgIpc) is 2.52. The predicted molar refractivity (Wildman–Crippen MR) is 80.6 cm³/mol. The lowest BCUT2D eigenvalue weighted by atomic mass is 10.2. The largest absolute Gasteiger partial charge is 0.434 e. The van der Waals surface area contributed by atoms with E-state index in [0.29, 0.717) is 21.9 Å². The third-order valence-corrected chi connectivity index (χ3v) is 3.58. The smallest absolute Gasteiger partial charge is 0.256 e. The van der Waals surface area contributed by atoms with Crippen LogP contribution in [0.4, 0.5) is 4.39 Å². The molecule has 0 saturated carbocycles. The first-order valence-corrected chi connectivity index (χ1v) is 7.02. The van der Waals surface area contributed by atoms with Crippen molar-refractivity contribution < 1.29 is 9.13 Å². The minimum Gasteiger partial charge on any atom is -0.434 e. The number of benzene rings is 1. The number of halogens is 3. The maximum atomic E-state index is 14.1. The summed E-state index contributed by atoms with van der Waals surface area (Å²) >= 11 is 11.8. The molecule has 2 heterocycles. The van der Waals surface area contributed by atoms with Crippen LogP contribution in [0.15, 0.2) is 42.7 Å². The lowest BCUT2D eigenvalue weighted by Crippen LogP contribution is -1.97. The van der Waals surface area contributed by atoms with Gasteiger partial charge in [0.25, 0.3) is 5.88 Å². The second-order valence-electron chi connectivity index (χ2n) is 4.27. The molecule has 3 aromatic rings. The van der Waals surface area contributed by atoms with Gasteiger partial charge in [0.1, 0.15) is 5.52 Å². The Hall–Kier alpha value is -1.91. The van der Waals surface area contributed by atoms with Crippen LogP contribution in [-0.2, 0) is 5.88 Å². The lowest BCUT2D eigenvalue weighted by molar-refractivity contribution is 0.423. The fourth-order valence-electron chi connectivity index (χ4n) is 1.93. The fourth-order valence-corrected chi connectivity index (χ4v) is 2.36. The molecule has 0 amide bonds. The summed E-state index contributed by atoms with van der Waals surface area (Å²) in [6.45, 7) is 0. The zero-order valence-corrected chi connectivity index (χ0v) is 12.2. The molecule has 0 saturated heterocycles. The third kappa shape index (κ3) is 2.64. The van der Waals surface area contributed by atoms with Gasteiger partial charge in [0.2, 0.25) is 0 Å². The van der Waals surface area contributed by atoms with Crippen molar-refractivity contribution in [3.8, 4) is 11.6 Å². The number of hydrogen-bond acceptors (Lipinski definition) is 3. The summed E-state index contributed by atoms with van der Waals surface area (Å²) in [7, 11) is 0. The number of hydrogen-bond donors (Lipinski definition) is 0. The van der Waals surface area contributed by atoms with Crippen LogP contribution in [0.3, 0.4) is 0 Å². The minimum atomic E-state index is -0.577. The molecule has 0 unspecified atom stereocenters. The van der Waals surface area contributed by atoms with Crippen molar-refractivity contribution in [3.05, 3.63) is 59.1 Å². The summed E-state index contributed by atoms with van der Waals surface area (Å²) in [5.41, 5.74) is 0.871. The van der Waals surface area contributed by atoms with E-state index in [2.05, 4.69) is 9.97 Å². The monoisotopic (exact) mass is 322 g/mol. The van der Waals surface area contributed by atoms with Crippen molar-refractivity contribution in [2.24, 2.45) is 0 Å². The van der Waals surface area contributed by atoms with Gasteiger partial charge in [-0.25, -0.2) is 9.37 Å². The Labute approximate surface area is 130 Å². The van der Waals surface area contributed by atoms with E-state index in [1.165, 1.54) is 12.3 Å². The van der Waals surface area contributed by atoms with Crippen molar-refractivity contribution in [1.29, 1.82) is 0 Å². The van der Waals surface area contributed by atoms with Crippen LogP contribution in [0, 0.1) is 5.82 Å². The zero-order valence-electron chi connectivity index (χ0n) is 10.7. The van der Waals surface area contributed by atoms with Crippen LogP contribution in [0.5, 0.6) is 11.6 Å². The summed E-state index contributed by atoms with van der Waals surface area (Å²) in [6, 6.07) is 8.39. The first-order valence-electron chi connectivity index (χ1n) is 6.11. The van der Waals surface area contributed by atoms with Gasteiger partial charge in [0, 0.05) is 23.3 Å². The molecular weight excluding hydrogens is 314 g/mol. The van der Waals surface area contributed by atoms with Crippen molar-refractivity contribution in [2.45, 2.75) is 5.88 Å². The van der Waals surface area contributed by atoms with E-state index in [4.69, 9.17) is 27.9 Å². The Bertz CT molecular complexity index is 811. The number of rotatable bonds is 3. The molecule has 0 N–H and O–H groups in total. The molecule has 106 valence electrons. The topological polar surface area (TPSA) is 35.0 Å². The molecule has 0 aliphatic heterocycles. The number of fused-ring (bicyclic) bond motifs is 1. The molecule has 1 aromatic carbocycles. The Balaban J connectivity index is 2.09. The van der Waals surface area contributed by atoms with Gasteiger partial charge in [-0.1, -0.05) is 11.6 Å². The third-order valence-electron chi connectivity index (χ3n) is 2.97. The highest BCUT2D eigenvalue weighted by Gasteiger charge is 2.14. The number of ether oxygens (including phenoxy) is 1. The van der Waals surface area contributed by atoms with Crippen molar-refractivity contribution in [2.75, 3.05) is 0 Å². The SMILES string of the molecule is Fc1c(CCl)ccnc1Oc1ccc(Cl)c2cccnc12. The van der Waals surface area contributed by atoms with Gasteiger partial charge < -0.3 is 4.74 Å². The van der Waals surface area contributed by atoms with Crippen LogP contribution >= 0.6 is 23.2 Å². The highest BCUT2D eigenvalue weighted by atomic mass is 35.5. The predicted octanol–water partition coefficient (Wildman–Crippen LogP) is 4.95. The lowest BCUT2D eigenvalue weighted by Gasteiger charge is -2.10. The summed E-state index contributed by atoms with van der Waals surface area (Å²) in [6.07, 6.45) is 3.06. The molecule has 0 aliphatic carbocycles. The van der Waals surface area contributed by atoms with Gasteiger partial charge >= 0.3 is 0 Å². The molecule has 0 aliphatic rings. The van der Waals surface area contributed by atoms with Gasteiger partial charge in [-0.3, -0.25) is 4.98 Å². The fraction of sp³-hybridized carbons (Fsp3) is 0.0667. The standard InChI is InChI=1S/C15H9Cl2FN2O/c16-8-9-5-7-20-15(13(9)18)21-12-4-3-11(17)10-2-1-6-19-14(10)12/h1-7H,8H2. The minimum absolute atomic E-state index is 0.0460. The van der Waals surface area contributed by atoms with E-state index in [0.717, 1.165) is 5.39 Å². The van der Waals surface area contributed by atoms with Crippen LogP contribution < -0.4 is 4.74 Å². The maximum absolute atomic E-state index is 14.1. The number of nitrogens with zero attached hydrogens (tertiary/aromatic N) is 2. The number of pyridine rings is 2. The Morgan fingerprint density at radius 1 is 1.10 bits per heavy atom. The molecular formula is C15H9Cl2FN2O. The molecule has 6 heteroatoms. The number of alkyl halides is 1. The van der Waals surface area contributed by atoms with E-state index < -0.39 is 5.82 Å². The Kier molecular flexibility index (Phi) is 3.90. The van der Waals surface area contributed by atoms with Crippen LogP contribution in [0.2, 0.25) is 5.02 Å². The highest BCUT2D eigenvalue weighted by molar-refractivity contribution is 6.35. The Morgan fingerprint density at radius 3 is 2.76 bits per heavy atom. The summed E-state index contributed by atoms with van der Waals surface area (Å²) in [5, 5.41) is 1.28. The summed E-state index contributed by atoms with van der Waals surface area (Å²) in [5.74, 6) is -0.285. The van der Waals surface area contributed by atoms with E-state index in [1.54, 1.807) is 24.4 Å². The van der Waals surface area contributed by atoms with Crippen molar-refractivity contribution in [3.63, 3.8) is 0 Å². The van der Waals surface area contributed by atoms with E-state index in [-0.39, 0.29) is 11.8 Å². The van der Waals surface area contributed by atoms with Gasteiger partial charge in [0.05, 0.1) is 10.9 Å². The van der Waals surface area contributed by atoms with E-state index in [1.807, 2.05) is 6.07 Å². The van der Waals surface area contributed by atoms with Crippen molar-refractivity contribution in [1.82, 2.24) is 9.97 Å². The molecule has 0 atom stereocenters. The molecule has 2 aromatic heterocycles. The quantitative estimate of drug-likeness (QED) is 0.640. The van der Waals surface area contributed by atoms with E-state index in [9.17, 15) is 4.39 Å². The van der Waals surface area contributed by atoms with Gasteiger partial charge in [-0.2, -0.15) is 0 Å². The highest BCUT2D eigenvalue weighted by Crippen LogP contribution is 2.33. The van der Waals surface area contributed by atoms with Gasteiger partial charge in [-0.15, -0.1) is 11.6 Å². The molecule has 0 spiro atoms. The van der Waals surface area contributed by atoms with Crippen LogP contribution in [-0.4, -0.2) is 9.97 Å².